The summed E-state index contributed by atoms with van der Waals surface area (Å²) in [6, 6.07) is 25.7. The molecule has 1 aliphatic rings. The lowest BCUT2D eigenvalue weighted by Gasteiger charge is -2.24. The van der Waals surface area contributed by atoms with Gasteiger partial charge in [-0.3, -0.25) is 4.79 Å². The van der Waals surface area contributed by atoms with E-state index in [-0.39, 0.29) is 11.9 Å². The maximum Gasteiger partial charge on any atom is 0.254 e. The van der Waals surface area contributed by atoms with Gasteiger partial charge in [-0.15, -0.1) is 0 Å². The minimum atomic E-state index is -0.197. The van der Waals surface area contributed by atoms with Crippen LogP contribution in [0.1, 0.15) is 22.6 Å². The van der Waals surface area contributed by atoms with Crippen LogP contribution in [0.4, 0.5) is 0 Å². The van der Waals surface area contributed by atoms with Crippen LogP contribution in [-0.2, 0) is 11.3 Å². The van der Waals surface area contributed by atoms with E-state index < -0.39 is 0 Å². The predicted molar refractivity (Wildman–Crippen MR) is 126 cm³/mol. The normalized spacial score (nSPS) is 17.2. The van der Waals surface area contributed by atoms with Crippen molar-refractivity contribution in [2.24, 2.45) is 5.16 Å². The van der Waals surface area contributed by atoms with E-state index in [2.05, 4.69) is 22.3 Å². The van der Waals surface area contributed by atoms with Crippen LogP contribution >= 0.6 is 0 Å². The van der Waals surface area contributed by atoms with E-state index in [4.69, 9.17) is 9.82 Å². The lowest BCUT2D eigenvalue weighted by Crippen LogP contribution is -2.40. The highest BCUT2D eigenvalue weighted by atomic mass is 16.6. The van der Waals surface area contributed by atoms with E-state index in [1.54, 1.807) is 0 Å². The molecule has 0 aliphatic carbocycles. The summed E-state index contributed by atoms with van der Waals surface area (Å²) in [6.07, 6.45) is 1.25. The fourth-order valence-corrected chi connectivity index (χ4v) is 4.32. The van der Waals surface area contributed by atoms with Crippen molar-refractivity contribution in [3.8, 4) is 11.1 Å². The molecule has 1 aromatic heterocycles. The third-order valence-corrected chi connectivity index (χ3v) is 5.90. The number of para-hydroxylation sites is 2. The molecule has 1 N–H and O–H groups in total. The van der Waals surface area contributed by atoms with Gasteiger partial charge in [0.05, 0.1) is 22.8 Å². The molecule has 6 heteroatoms. The molecule has 4 aromatic rings. The van der Waals surface area contributed by atoms with E-state index in [0.717, 1.165) is 33.7 Å². The second kappa shape index (κ2) is 8.67. The number of likely N-dealkylation sites (tertiary alicyclic amines) is 1. The van der Waals surface area contributed by atoms with Crippen molar-refractivity contribution in [1.29, 1.82) is 0 Å². The van der Waals surface area contributed by atoms with Crippen molar-refractivity contribution < 1.29 is 9.63 Å². The van der Waals surface area contributed by atoms with E-state index in [1.807, 2.05) is 71.6 Å². The maximum absolute atomic E-state index is 13.4. The zero-order valence-electron chi connectivity index (χ0n) is 17.9. The molecule has 0 saturated carbocycles. The fraction of sp³-hybridized carbons (Fsp3) is 0.192. The molecule has 32 heavy (non-hydrogen) atoms. The molecule has 160 valence electrons. The van der Waals surface area contributed by atoms with Crippen molar-refractivity contribution >= 4 is 22.7 Å². The van der Waals surface area contributed by atoms with Gasteiger partial charge in [0.15, 0.2) is 0 Å². The van der Waals surface area contributed by atoms with Crippen molar-refractivity contribution in [2.75, 3.05) is 13.7 Å². The standard InChI is InChI=1S/C26H24N4O2/c1-32-29-23-15-16-30(24(23)17-25-27-21-9-5-6-10-22(21)28-25)26(31)20-13-11-19(12-14-20)18-7-3-2-4-8-18/h2-14,24H,15-17H2,1H3,(H,27,28). The van der Waals surface area contributed by atoms with Crippen LogP contribution in [0.3, 0.4) is 0 Å². The Hall–Kier alpha value is -3.93. The number of imidazole rings is 1. The number of nitrogens with zero attached hydrogens (tertiary/aromatic N) is 3. The maximum atomic E-state index is 13.4. The predicted octanol–water partition coefficient (Wildman–Crippen LogP) is 4.69. The summed E-state index contributed by atoms with van der Waals surface area (Å²) in [5.41, 5.74) is 5.65. The number of hydrogen-bond donors (Lipinski definition) is 1. The zero-order valence-corrected chi connectivity index (χ0v) is 17.9. The molecule has 1 saturated heterocycles. The summed E-state index contributed by atoms with van der Waals surface area (Å²) in [4.78, 5) is 28.4. The summed E-state index contributed by atoms with van der Waals surface area (Å²) in [7, 11) is 1.54. The second-order valence-corrected chi connectivity index (χ2v) is 7.88. The van der Waals surface area contributed by atoms with Gasteiger partial charge >= 0.3 is 0 Å². The Labute approximate surface area is 186 Å². The zero-order chi connectivity index (χ0) is 21.9. The molecular weight excluding hydrogens is 400 g/mol. The highest BCUT2D eigenvalue weighted by molar-refractivity contribution is 6.02. The second-order valence-electron chi connectivity index (χ2n) is 7.88. The van der Waals surface area contributed by atoms with E-state index >= 15 is 0 Å². The summed E-state index contributed by atoms with van der Waals surface area (Å²) in [5, 5.41) is 4.22. The number of amides is 1. The van der Waals surface area contributed by atoms with Crippen LogP contribution < -0.4 is 0 Å². The molecule has 5 rings (SSSR count). The van der Waals surface area contributed by atoms with Crippen molar-refractivity contribution in [3.05, 3.63) is 90.3 Å². The van der Waals surface area contributed by atoms with Gasteiger partial charge in [-0.25, -0.2) is 4.98 Å². The van der Waals surface area contributed by atoms with Crippen molar-refractivity contribution in [2.45, 2.75) is 18.9 Å². The van der Waals surface area contributed by atoms with Crippen LogP contribution in [0.5, 0.6) is 0 Å². The van der Waals surface area contributed by atoms with Gasteiger partial charge in [0.1, 0.15) is 12.9 Å². The number of oxime groups is 1. The third-order valence-electron chi connectivity index (χ3n) is 5.90. The number of hydrogen-bond acceptors (Lipinski definition) is 4. The number of fused-ring (bicyclic) bond motifs is 1. The smallest absolute Gasteiger partial charge is 0.254 e. The van der Waals surface area contributed by atoms with Gasteiger partial charge in [0, 0.05) is 24.9 Å². The average molecular weight is 425 g/mol. The quantitative estimate of drug-likeness (QED) is 0.473. The SMILES string of the molecule is CON=C1CCN(C(=O)c2ccc(-c3ccccc3)cc2)C1Cc1nc2ccccc2[nH]1. The molecule has 0 radical (unpaired) electrons. The molecule has 1 aliphatic heterocycles. The topological polar surface area (TPSA) is 70.6 Å². The van der Waals surface area contributed by atoms with Crippen LogP contribution in [-0.4, -0.2) is 46.2 Å². The largest absolute Gasteiger partial charge is 0.399 e. The van der Waals surface area contributed by atoms with Crippen LogP contribution in [0.25, 0.3) is 22.2 Å². The number of H-pyrrole nitrogens is 1. The Morgan fingerprint density at radius 2 is 1.75 bits per heavy atom. The number of carbonyl (C=O) groups excluding carboxylic acids is 1. The Bertz CT molecular complexity index is 1230. The molecule has 1 atom stereocenters. The van der Waals surface area contributed by atoms with E-state index in [1.165, 1.54) is 7.11 Å². The fourth-order valence-electron chi connectivity index (χ4n) is 4.32. The van der Waals surface area contributed by atoms with Gasteiger partial charge in [0.2, 0.25) is 0 Å². The molecule has 0 spiro atoms. The van der Waals surface area contributed by atoms with Gasteiger partial charge in [0.25, 0.3) is 5.91 Å². The first-order valence-corrected chi connectivity index (χ1v) is 10.7. The van der Waals surface area contributed by atoms with E-state index in [0.29, 0.717) is 24.9 Å². The Balaban J connectivity index is 1.40. The summed E-state index contributed by atoms with van der Waals surface area (Å²) in [5.74, 6) is 0.825. The molecule has 3 aromatic carbocycles. The van der Waals surface area contributed by atoms with Crippen LogP contribution in [0.2, 0.25) is 0 Å². The first-order valence-electron chi connectivity index (χ1n) is 10.7. The van der Waals surface area contributed by atoms with Crippen molar-refractivity contribution in [3.63, 3.8) is 0 Å². The Morgan fingerprint density at radius 3 is 2.50 bits per heavy atom. The number of aromatic amines is 1. The number of benzene rings is 3. The molecule has 1 unspecified atom stereocenters. The van der Waals surface area contributed by atoms with E-state index in [9.17, 15) is 4.79 Å². The lowest BCUT2D eigenvalue weighted by atomic mass is 10.0. The number of nitrogens with one attached hydrogen (secondary N) is 1. The molecule has 1 fully saturated rings. The number of aromatic nitrogens is 2. The summed E-state index contributed by atoms with van der Waals surface area (Å²) in [6.45, 7) is 0.604. The molecule has 6 nitrogen and oxygen atoms in total. The molecule has 2 heterocycles. The molecular formula is C26H24N4O2. The Kier molecular flexibility index (Phi) is 5.42. The number of carbonyl (C=O) groups is 1. The van der Waals surface area contributed by atoms with Crippen LogP contribution in [0.15, 0.2) is 84.0 Å². The minimum Gasteiger partial charge on any atom is -0.399 e. The van der Waals surface area contributed by atoms with Crippen molar-refractivity contribution in [1.82, 2.24) is 14.9 Å². The highest BCUT2D eigenvalue weighted by Crippen LogP contribution is 2.25. The highest BCUT2D eigenvalue weighted by Gasteiger charge is 2.36. The summed E-state index contributed by atoms with van der Waals surface area (Å²) < 4.78 is 0. The average Bonchev–Trinajstić information content (AvgIpc) is 3.43. The van der Waals surface area contributed by atoms with Crippen LogP contribution in [0, 0.1) is 0 Å². The lowest BCUT2D eigenvalue weighted by molar-refractivity contribution is 0.0751. The third kappa shape index (κ3) is 3.87. The molecule has 1 amide bonds. The van der Waals surface area contributed by atoms with Gasteiger partial charge < -0.3 is 14.7 Å². The monoisotopic (exact) mass is 424 g/mol. The van der Waals surface area contributed by atoms with Gasteiger partial charge in [-0.05, 0) is 35.4 Å². The Morgan fingerprint density at radius 1 is 1.03 bits per heavy atom. The first-order chi connectivity index (χ1) is 15.7. The molecule has 0 bridgehead atoms. The minimum absolute atomic E-state index is 0.00738. The van der Waals surface area contributed by atoms with Gasteiger partial charge in [-0.1, -0.05) is 59.8 Å². The summed E-state index contributed by atoms with van der Waals surface area (Å²) >= 11 is 0. The first kappa shape index (κ1) is 20.0. The van der Waals surface area contributed by atoms with Gasteiger partial charge in [-0.2, -0.15) is 0 Å². The number of rotatable bonds is 5.